The Labute approximate surface area is 146 Å². The van der Waals surface area contributed by atoms with Crippen molar-refractivity contribution in [3.8, 4) is 11.5 Å². The number of anilines is 1. The van der Waals surface area contributed by atoms with Gasteiger partial charge in [-0.1, -0.05) is 12.1 Å². The van der Waals surface area contributed by atoms with E-state index in [2.05, 4.69) is 5.32 Å². The van der Waals surface area contributed by atoms with E-state index in [0.717, 1.165) is 5.56 Å². The number of aryl methyl sites for hydroxylation is 1. The minimum atomic E-state index is -3.71. The smallest absolute Gasteiger partial charge is 0.238 e. The first-order valence-corrected chi connectivity index (χ1v) is 9.01. The van der Waals surface area contributed by atoms with Crippen LogP contribution in [0.4, 0.5) is 5.69 Å². The highest BCUT2D eigenvalue weighted by molar-refractivity contribution is 7.89. The number of sulfonamides is 1. The van der Waals surface area contributed by atoms with Gasteiger partial charge in [-0.15, -0.1) is 0 Å². The van der Waals surface area contributed by atoms with Gasteiger partial charge in [0, 0.05) is 12.5 Å². The number of hydrogen-bond acceptors (Lipinski definition) is 5. The van der Waals surface area contributed by atoms with Crippen LogP contribution in [0.15, 0.2) is 47.4 Å². The van der Waals surface area contributed by atoms with E-state index in [1.165, 1.54) is 19.2 Å². The predicted molar refractivity (Wildman–Crippen MR) is 94.3 cm³/mol. The highest BCUT2D eigenvalue weighted by Gasteiger charge is 2.10. The van der Waals surface area contributed by atoms with Gasteiger partial charge in [-0.05, 0) is 36.2 Å². The van der Waals surface area contributed by atoms with Crippen LogP contribution >= 0.6 is 0 Å². The van der Waals surface area contributed by atoms with Crippen LogP contribution in [0.3, 0.4) is 0 Å². The van der Waals surface area contributed by atoms with Gasteiger partial charge in [-0.2, -0.15) is 0 Å². The van der Waals surface area contributed by atoms with Crippen molar-refractivity contribution in [1.82, 2.24) is 0 Å². The van der Waals surface area contributed by atoms with Crippen molar-refractivity contribution in [2.45, 2.75) is 17.7 Å². The summed E-state index contributed by atoms with van der Waals surface area (Å²) in [6.45, 7) is 0. The number of ether oxygens (including phenoxy) is 2. The van der Waals surface area contributed by atoms with Gasteiger partial charge in [-0.25, -0.2) is 13.6 Å². The summed E-state index contributed by atoms with van der Waals surface area (Å²) in [6.07, 6.45) is 0.707. The second-order valence-electron chi connectivity index (χ2n) is 5.30. The van der Waals surface area contributed by atoms with Crippen molar-refractivity contribution in [3.05, 3.63) is 48.0 Å². The van der Waals surface area contributed by atoms with E-state index < -0.39 is 10.0 Å². The Bertz CT molecular complexity index is 848. The molecule has 0 spiro atoms. The Balaban J connectivity index is 1.97. The molecule has 0 aliphatic heterocycles. The molecular weight excluding hydrogens is 344 g/mol. The van der Waals surface area contributed by atoms with Crippen LogP contribution in [-0.4, -0.2) is 28.5 Å². The molecule has 0 bridgehead atoms. The maximum atomic E-state index is 12.1. The number of nitrogens with one attached hydrogen (secondary N) is 1. The van der Waals surface area contributed by atoms with E-state index in [4.69, 9.17) is 14.6 Å². The summed E-state index contributed by atoms with van der Waals surface area (Å²) < 4.78 is 32.8. The van der Waals surface area contributed by atoms with Crippen LogP contribution in [0.25, 0.3) is 0 Å². The van der Waals surface area contributed by atoms with E-state index in [9.17, 15) is 13.2 Å². The van der Waals surface area contributed by atoms with Gasteiger partial charge in [-0.3, -0.25) is 4.79 Å². The Hall–Kier alpha value is -2.58. The fourth-order valence-electron chi connectivity index (χ4n) is 2.22. The summed E-state index contributed by atoms with van der Waals surface area (Å²) in [5.41, 5.74) is 1.39. The Morgan fingerprint density at radius 3 is 2.32 bits per heavy atom. The molecular formula is C17H20N2O5S. The highest BCUT2D eigenvalue weighted by atomic mass is 32.2. The third-order valence-corrected chi connectivity index (χ3v) is 4.50. The SMILES string of the molecule is COc1ccc(NC(=O)CCc2ccc(S(N)(=O)=O)cc2)c(OC)c1. The standard InChI is InChI=1S/C17H20N2O5S/c1-23-13-6-9-15(16(11-13)24-2)19-17(20)10-5-12-3-7-14(8-4-12)25(18,21)22/h3-4,6-9,11H,5,10H2,1-2H3,(H,19,20)(H2,18,21,22). The zero-order valence-electron chi connectivity index (χ0n) is 14.0. The zero-order valence-corrected chi connectivity index (χ0v) is 14.8. The molecule has 0 atom stereocenters. The monoisotopic (exact) mass is 364 g/mol. The maximum Gasteiger partial charge on any atom is 0.238 e. The molecule has 0 unspecified atom stereocenters. The summed E-state index contributed by atoms with van der Waals surface area (Å²) in [5, 5.41) is 7.83. The number of rotatable bonds is 7. The molecule has 2 rings (SSSR count). The molecule has 0 saturated carbocycles. The van der Waals surface area contributed by atoms with E-state index >= 15 is 0 Å². The summed E-state index contributed by atoms with van der Waals surface area (Å²) in [4.78, 5) is 12.2. The summed E-state index contributed by atoms with van der Waals surface area (Å²) in [6, 6.07) is 11.2. The average Bonchev–Trinajstić information content (AvgIpc) is 2.60. The van der Waals surface area contributed by atoms with E-state index in [-0.39, 0.29) is 17.2 Å². The molecule has 0 radical (unpaired) electrons. The normalized spacial score (nSPS) is 11.0. The molecule has 0 aliphatic rings. The number of nitrogens with two attached hydrogens (primary N) is 1. The fourth-order valence-corrected chi connectivity index (χ4v) is 2.73. The van der Waals surface area contributed by atoms with Gasteiger partial charge in [0.25, 0.3) is 0 Å². The number of carbonyl (C=O) groups excluding carboxylic acids is 1. The summed E-state index contributed by atoms with van der Waals surface area (Å²) in [7, 11) is -0.647. The lowest BCUT2D eigenvalue weighted by Gasteiger charge is -2.11. The predicted octanol–water partition coefficient (Wildman–Crippen LogP) is 1.92. The first-order chi connectivity index (χ1) is 11.8. The lowest BCUT2D eigenvalue weighted by Crippen LogP contribution is -2.13. The van der Waals surface area contributed by atoms with Crippen LogP contribution in [0.2, 0.25) is 0 Å². The Morgan fingerprint density at radius 1 is 1.08 bits per heavy atom. The average molecular weight is 364 g/mol. The minimum absolute atomic E-state index is 0.0451. The topological polar surface area (TPSA) is 108 Å². The van der Waals surface area contributed by atoms with Gasteiger partial charge >= 0.3 is 0 Å². The number of methoxy groups -OCH3 is 2. The minimum Gasteiger partial charge on any atom is -0.497 e. The highest BCUT2D eigenvalue weighted by Crippen LogP contribution is 2.29. The van der Waals surface area contributed by atoms with Crippen molar-refractivity contribution in [3.63, 3.8) is 0 Å². The molecule has 8 heteroatoms. The van der Waals surface area contributed by atoms with Crippen LogP contribution in [-0.2, 0) is 21.2 Å². The molecule has 0 heterocycles. The first-order valence-electron chi connectivity index (χ1n) is 7.47. The third-order valence-electron chi connectivity index (χ3n) is 3.58. The van der Waals surface area contributed by atoms with Crippen LogP contribution < -0.4 is 19.9 Å². The first kappa shape index (κ1) is 18.8. The number of primary sulfonamides is 1. The van der Waals surface area contributed by atoms with Crippen molar-refractivity contribution < 1.29 is 22.7 Å². The van der Waals surface area contributed by atoms with Crippen LogP contribution in [0.5, 0.6) is 11.5 Å². The van der Waals surface area contributed by atoms with E-state index in [1.54, 1.807) is 37.4 Å². The molecule has 0 aromatic heterocycles. The molecule has 2 aromatic rings. The van der Waals surface area contributed by atoms with E-state index in [0.29, 0.717) is 23.6 Å². The number of hydrogen-bond donors (Lipinski definition) is 2. The van der Waals surface area contributed by atoms with Crippen molar-refractivity contribution >= 4 is 21.6 Å². The lowest BCUT2D eigenvalue weighted by atomic mass is 10.1. The van der Waals surface area contributed by atoms with Gasteiger partial charge < -0.3 is 14.8 Å². The molecule has 0 aliphatic carbocycles. The number of benzene rings is 2. The second kappa shape index (κ2) is 8.00. The molecule has 1 amide bonds. The van der Waals surface area contributed by atoms with Gasteiger partial charge in [0.15, 0.2) is 0 Å². The molecule has 0 fully saturated rings. The molecule has 25 heavy (non-hydrogen) atoms. The lowest BCUT2D eigenvalue weighted by molar-refractivity contribution is -0.116. The molecule has 0 saturated heterocycles. The summed E-state index contributed by atoms with van der Waals surface area (Å²) >= 11 is 0. The Kier molecular flexibility index (Phi) is 6.00. The quantitative estimate of drug-likeness (QED) is 0.780. The third kappa shape index (κ3) is 5.20. The van der Waals surface area contributed by atoms with Gasteiger partial charge in [0.2, 0.25) is 15.9 Å². The Morgan fingerprint density at radius 2 is 1.76 bits per heavy atom. The molecule has 7 nitrogen and oxygen atoms in total. The van der Waals surface area contributed by atoms with Crippen LogP contribution in [0, 0.1) is 0 Å². The zero-order chi connectivity index (χ0) is 18.4. The number of carbonyl (C=O) groups is 1. The number of amides is 1. The molecule has 134 valence electrons. The van der Waals surface area contributed by atoms with E-state index in [1.807, 2.05) is 0 Å². The molecule has 2 aromatic carbocycles. The largest absolute Gasteiger partial charge is 0.497 e. The maximum absolute atomic E-state index is 12.1. The summed E-state index contributed by atoms with van der Waals surface area (Å²) in [5.74, 6) is 0.953. The van der Waals surface area contributed by atoms with Crippen molar-refractivity contribution in [2.75, 3.05) is 19.5 Å². The van der Waals surface area contributed by atoms with Crippen molar-refractivity contribution in [2.24, 2.45) is 5.14 Å². The second-order valence-corrected chi connectivity index (χ2v) is 6.86. The van der Waals surface area contributed by atoms with Gasteiger partial charge in [0.1, 0.15) is 11.5 Å². The fraction of sp³-hybridized carbons (Fsp3) is 0.235. The van der Waals surface area contributed by atoms with Crippen molar-refractivity contribution in [1.29, 1.82) is 0 Å². The van der Waals surface area contributed by atoms with Crippen LogP contribution in [0.1, 0.15) is 12.0 Å². The van der Waals surface area contributed by atoms with Gasteiger partial charge in [0.05, 0.1) is 24.8 Å². The molecule has 3 N–H and O–H groups in total.